The molecule has 0 unspecified atom stereocenters. The molecule has 2 aromatic heterocycles. The molecule has 1 N–H and O–H groups in total. The van der Waals surface area contributed by atoms with Crippen LogP contribution in [-0.4, -0.2) is 25.3 Å². The van der Waals surface area contributed by atoms with E-state index in [1.165, 1.54) is 78.6 Å². The number of anilines is 1. The average molecular weight is 509 g/mol. The van der Waals surface area contributed by atoms with Gasteiger partial charge in [-0.15, -0.1) is 0 Å². The highest BCUT2D eigenvalue weighted by atomic mass is 32.2. The molecule has 0 aliphatic heterocycles. The Morgan fingerprint density at radius 3 is 2.47 bits per heavy atom. The molecule has 0 aliphatic carbocycles. The second-order valence-electron chi connectivity index (χ2n) is 7.70. The summed E-state index contributed by atoms with van der Waals surface area (Å²) >= 11 is 0. The Hall–Kier alpha value is -4.51. The standard InChI is InChI=1S/C25H17F2N3O5S/c1-34-23-13-18(17-4-2-3-5-19(17)26)20(27)14-22(23)30-21-8-7-16(12-15(21)6-9-25(30)31)36(32,33)29-24-10-11-35-28-24/h2-14H,1H3,(H,28,29). The van der Waals surface area contributed by atoms with Crippen LogP contribution >= 0.6 is 0 Å². The quantitative estimate of drug-likeness (QED) is 0.355. The van der Waals surface area contributed by atoms with Crippen molar-refractivity contribution in [2.45, 2.75) is 4.90 Å². The summed E-state index contributed by atoms with van der Waals surface area (Å²) in [5, 5.41) is 3.92. The smallest absolute Gasteiger partial charge is 0.263 e. The van der Waals surface area contributed by atoms with E-state index in [2.05, 4.69) is 14.4 Å². The van der Waals surface area contributed by atoms with Crippen LogP contribution in [0.2, 0.25) is 0 Å². The lowest BCUT2D eigenvalue weighted by molar-refractivity contribution is 0.412. The van der Waals surface area contributed by atoms with E-state index in [-0.39, 0.29) is 33.3 Å². The Morgan fingerprint density at radius 1 is 0.944 bits per heavy atom. The number of rotatable bonds is 6. The van der Waals surface area contributed by atoms with Gasteiger partial charge in [-0.3, -0.25) is 14.1 Å². The first kappa shape index (κ1) is 23.2. The highest BCUT2D eigenvalue weighted by Crippen LogP contribution is 2.34. The number of ether oxygens (including phenoxy) is 1. The van der Waals surface area contributed by atoms with Gasteiger partial charge in [0, 0.05) is 34.7 Å². The minimum Gasteiger partial charge on any atom is -0.495 e. The molecule has 0 saturated heterocycles. The highest BCUT2D eigenvalue weighted by molar-refractivity contribution is 7.92. The van der Waals surface area contributed by atoms with Crippen LogP contribution in [0.1, 0.15) is 0 Å². The number of nitrogens with zero attached hydrogens (tertiary/aromatic N) is 2. The maximum absolute atomic E-state index is 15.2. The number of benzene rings is 3. The van der Waals surface area contributed by atoms with Crippen molar-refractivity contribution in [1.29, 1.82) is 0 Å². The van der Waals surface area contributed by atoms with Gasteiger partial charge in [0.2, 0.25) is 0 Å². The van der Waals surface area contributed by atoms with Crippen molar-refractivity contribution >= 4 is 26.7 Å². The second-order valence-corrected chi connectivity index (χ2v) is 9.38. The maximum atomic E-state index is 15.2. The van der Waals surface area contributed by atoms with Crippen LogP contribution in [0.3, 0.4) is 0 Å². The van der Waals surface area contributed by atoms with Crippen molar-refractivity contribution in [2.75, 3.05) is 11.8 Å². The zero-order chi connectivity index (χ0) is 25.4. The molecule has 11 heteroatoms. The number of aromatic nitrogens is 2. The molecule has 182 valence electrons. The lowest BCUT2D eigenvalue weighted by atomic mass is 10.0. The van der Waals surface area contributed by atoms with Crippen molar-refractivity contribution < 1.29 is 26.5 Å². The number of fused-ring (bicyclic) bond motifs is 1. The highest BCUT2D eigenvalue weighted by Gasteiger charge is 2.20. The molecular weight excluding hydrogens is 492 g/mol. The summed E-state index contributed by atoms with van der Waals surface area (Å²) in [5.41, 5.74) is -0.120. The first-order chi connectivity index (χ1) is 17.3. The molecule has 2 heterocycles. The third-order valence-corrected chi connectivity index (χ3v) is 6.88. The molecule has 0 amide bonds. The van der Waals surface area contributed by atoms with Crippen LogP contribution in [-0.2, 0) is 10.0 Å². The Labute approximate surface area is 203 Å². The lowest BCUT2D eigenvalue weighted by Crippen LogP contribution is -2.19. The molecule has 0 saturated carbocycles. The molecule has 0 radical (unpaired) electrons. The van der Waals surface area contributed by atoms with Crippen LogP contribution in [0.5, 0.6) is 5.75 Å². The summed E-state index contributed by atoms with van der Waals surface area (Å²) in [4.78, 5) is 12.8. The van der Waals surface area contributed by atoms with Crippen molar-refractivity contribution in [3.63, 3.8) is 0 Å². The number of halogens is 2. The van der Waals surface area contributed by atoms with Crippen molar-refractivity contribution in [2.24, 2.45) is 0 Å². The summed E-state index contributed by atoms with van der Waals surface area (Å²) in [6, 6.07) is 16.3. The van der Waals surface area contributed by atoms with Crippen LogP contribution < -0.4 is 15.0 Å². The summed E-state index contributed by atoms with van der Waals surface area (Å²) in [6.45, 7) is 0. The van der Waals surface area contributed by atoms with E-state index in [0.717, 1.165) is 6.07 Å². The fourth-order valence-corrected chi connectivity index (χ4v) is 4.90. The summed E-state index contributed by atoms with van der Waals surface area (Å²) in [7, 11) is -2.66. The predicted molar refractivity (Wildman–Crippen MR) is 129 cm³/mol. The Kier molecular flexibility index (Phi) is 5.77. The third-order valence-electron chi connectivity index (χ3n) is 5.53. The zero-order valence-electron chi connectivity index (χ0n) is 18.6. The van der Waals surface area contributed by atoms with E-state index in [1.807, 2.05) is 0 Å². The average Bonchev–Trinajstić information content (AvgIpc) is 3.36. The van der Waals surface area contributed by atoms with Crippen molar-refractivity contribution in [3.8, 4) is 22.6 Å². The lowest BCUT2D eigenvalue weighted by Gasteiger charge is -2.16. The number of pyridine rings is 1. The largest absolute Gasteiger partial charge is 0.495 e. The van der Waals surface area contributed by atoms with Crippen molar-refractivity contribution in [3.05, 3.63) is 101 Å². The predicted octanol–water partition coefficient (Wildman–Crippen LogP) is 4.73. The molecule has 36 heavy (non-hydrogen) atoms. The molecule has 0 bridgehead atoms. The van der Waals surface area contributed by atoms with E-state index in [1.54, 1.807) is 6.07 Å². The minimum absolute atomic E-state index is 0.00946. The number of hydrogen-bond acceptors (Lipinski definition) is 6. The third kappa shape index (κ3) is 4.09. The van der Waals surface area contributed by atoms with Gasteiger partial charge in [0.15, 0.2) is 5.82 Å². The molecule has 5 aromatic rings. The van der Waals surface area contributed by atoms with Gasteiger partial charge < -0.3 is 9.26 Å². The second kappa shape index (κ2) is 8.93. The number of methoxy groups -OCH3 is 1. The topological polar surface area (TPSA) is 103 Å². The molecule has 8 nitrogen and oxygen atoms in total. The number of nitrogens with one attached hydrogen (secondary N) is 1. The van der Waals surface area contributed by atoms with E-state index in [0.29, 0.717) is 10.9 Å². The molecule has 0 atom stereocenters. The van der Waals surface area contributed by atoms with Crippen LogP contribution in [0.25, 0.3) is 27.7 Å². The van der Waals surface area contributed by atoms with Gasteiger partial charge in [-0.25, -0.2) is 17.2 Å². The fourth-order valence-electron chi connectivity index (χ4n) is 3.87. The Bertz CT molecular complexity index is 1770. The van der Waals surface area contributed by atoms with E-state index >= 15 is 4.39 Å². The summed E-state index contributed by atoms with van der Waals surface area (Å²) < 4.78 is 68.6. The van der Waals surface area contributed by atoms with Gasteiger partial charge in [0.05, 0.1) is 23.2 Å². The molecule has 5 rings (SSSR count). The van der Waals surface area contributed by atoms with Gasteiger partial charge in [0.25, 0.3) is 15.6 Å². The molecule has 0 fully saturated rings. The van der Waals surface area contributed by atoms with Crippen LogP contribution in [0.4, 0.5) is 14.6 Å². The van der Waals surface area contributed by atoms with E-state index < -0.39 is 27.2 Å². The summed E-state index contributed by atoms with van der Waals surface area (Å²) in [6.07, 6.45) is 1.22. The van der Waals surface area contributed by atoms with E-state index in [9.17, 15) is 17.6 Å². The maximum Gasteiger partial charge on any atom is 0.263 e. The fraction of sp³-hybridized carbons (Fsp3) is 0.0400. The zero-order valence-corrected chi connectivity index (χ0v) is 19.4. The Morgan fingerprint density at radius 2 is 1.75 bits per heavy atom. The first-order valence-corrected chi connectivity index (χ1v) is 12.0. The minimum atomic E-state index is -4.00. The van der Waals surface area contributed by atoms with Crippen molar-refractivity contribution in [1.82, 2.24) is 9.72 Å². The van der Waals surface area contributed by atoms with Gasteiger partial charge in [-0.05, 0) is 36.4 Å². The monoisotopic (exact) mass is 509 g/mol. The molecular formula is C25H17F2N3O5S. The van der Waals surface area contributed by atoms with Gasteiger partial charge in [-0.2, -0.15) is 0 Å². The first-order valence-electron chi connectivity index (χ1n) is 10.5. The number of hydrogen-bond donors (Lipinski definition) is 1. The SMILES string of the molecule is COc1cc(-c2ccccc2F)c(F)cc1-n1c(=O)ccc2cc(S(=O)(=O)Nc3ccon3)ccc21. The van der Waals surface area contributed by atoms with Crippen LogP contribution in [0, 0.1) is 11.6 Å². The van der Waals surface area contributed by atoms with Gasteiger partial charge in [-0.1, -0.05) is 23.4 Å². The Balaban J connectivity index is 1.66. The normalized spacial score (nSPS) is 11.5. The molecule has 3 aromatic carbocycles. The molecule has 0 aliphatic rings. The van der Waals surface area contributed by atoms with Gasteiger partial charge in [0.1, 0.15) is 23.6 Å². The summed E-state index contributed by atoms with van der Waals surface area (Å²) in [5.74, 6) is -1.25. The van der Waals surface area contributed by atoms with E-state index in [4.69, 9.17) is 4.74 Å². The number of sulfonamides is 1. The molecule has 0 spiro atoms. The van der Waals surface area contributed by atoms with Crippen LogP contribution in [0.15, 0.2) is 93.3 Å². The van der Waals surface area contributed by atoms with Gasteiger partial charge >= 0.3 is 0 Å².